The van der Waals surface area contributed by atoms with E-state index in [9.17, 15) is 13.2 Å². The van der Waals surface area contributed by atoms with Crippen LogP contribution >= 0.6 is 11.6 Å². The zero-order valence-electron chi connectivity index (χ0n) is 8.39. The van der Waals surface area contributed by atoms with E-state index >= 15 is 0 Å². The molecule has 88 valence electrons. The first-order valence-corrected chi connectivity index (χ1v) is 5.40. The number of hydrogen-bond donors (Lipinski definition) is 1. The number of halogens is 4. The molecule has 16 heavy (non-hydrogen) atoms. The van der Waals surface area contributed by atoms with Gasteiger partial charge >= 0.3 is 6.18 Å². The molecule has 0 amide bonds. The summed E-state index contributed by atoms with van der Waals surface area (Å²) in [6, 6.07) is 3.52. The van der Waals surface area contributed by atoms with Crippen LogP contribution in [0.25, 0.3) is 0 Å². The molecule has 1 aromatic carbocycles. The van der Waals surface area contributed by atoms with Gasteiger partial charge in [0.1, 0.15) is 0 Å². The Morgan fingerprint density at radius 1 is 1.31 bits per heavy atom. The number of nitrogens with two attached hydrogens (primary N) is 1. The summed E-state index contributed by atoms with van der Waals surface area (Å²) in [6.45, 7) is 0. The predicted octanol–water partition coefficient (Wildman–Crippen LogP) is 3.77. The molecule has 0 aliphatic heterocycles. The van der Waals surface area contributed by atoms with E-state index in [1.54, 1.807) is 6.07 Å². The van der Waals surface area contributed by atoms with Gasteiger partial charge in [0.05, 0.1) is 10.6 Å². The summed E-state index contributed by atoms with van der Waals surface area (Å²) in [5, 5.41) is -0.255. The molecule has 2 rings (SSSR count). The van der Waals surface area contributed by atoms with E-state index in [2.05, 4.69) is 0 Å². The van der Waals surface area contributed by atoms with Gasteiger partial charge < -0.3 is 5.73 Å². The third-order valence-corrected chi connectivity index (χ3v) is 3.24. The van der Waals surface area contributed by atoms with Crippen molar-refractivity contribution >= 4 is 11.6 Å². The van der Waals surface area contributed by atoms with Crippen molar-refractivity contribution in [2.24, 2.45) is 11.7 Å². The Hall–Kier alpha value is -0.740. The zero-order chi connectivity index (χ0) is 11.9. The first kappa shape index (κ1) is 11.7. The number of alkyl halides is 3. The third-order valence-electron chi connectivity index (χ3n) is 2.82. The van der Waals surface area contributed by atoms with Gasteiger partial charge in [-0.25, -0.2) is 0 Å². The van der Waals surface area contributed by atoms with Gasteiger partial charge in [-0.05, 0) is 30.4 Å². The highest BCUT2D eigenvalue weighted by Gasteiger charge is 2.36. The maximum Gasteiger partial charge on any atom is 0.417 e. The second-order valence-corrected chi connectivity index (χ2v) is 4.45. The van der Waals surface area contributed by atoms with E-state index in [1.807, 2.05) is 0 Å². The first-order valence-electron chi connectivity index (χ1n) is 5.02. The molecule has 1 aliphatic rings. The van der Waals surface area contributed by atoms with Gasteiger partial charge in [-0.2, -0.15) is 13.2 Å². The summed E-state index contributed by atoms with van der Waals surface area (Å²) >= 11 is 5.76. The van der Waals surface area contributed by atoms with Crippen LogP contribution in [-0.2, 0) is 6.18 Å². The zero-order valence-corrected chi connectivity index (χ0v) is 9.15. The molecule has 2 N–H and O–H groups in total. The van der Waals surface area contributed by atoms with Gasteiger partial charge in [0.15, 0.2) is 0 Å². The molecule has 0 bridgehead atoms. The van der Waals surface area contributed by atoms with Crippen LogP contribution < -0.4 is 5.73 Å². The molecule has 0 heterocycles. The minimum Gasteiger partial charge on any atom is -0.324 e. The van der Waals surface area contributed by atoms with Gasteiger partial charge in [0.2, 0.25) is 0 Å². The molecule has 0 radical (unpaired) electrons. The summed E-state index contributed by atoms with van der Waals surface area (Å²) in [7, 11) is 0. The van der Waals surface area contributed by atoms with Crippen LogP contribution in [0.1, 0.15) is 30.0 Å². The van der Waals surface area contributed by atoms with Gasteiger partial charge in [-0.1, -0.05) is 23.7 Å². The predicted molar refractivity (Wildman–Crippen MR) is 56.1 cm³/mol. The monoisotopic (exact) mass is 249 g/mol. The Bertz CT molecular complexity index is 399. The number of hydrogen-bond acceptors (Lipinski definition) is 1. The van der Waals surface area contributed by atoms with Crippen molar-refractivity contribution in [3.05, 3.63) is 34.3 Å². The van der Waals surface area contributed by atoms with Crippen molar-refractivity contribution in [3.63, 3.8) is 0 Å². The molecule has 1 aromatic rings. The van der Waals surface area contributed by atoms with Crippen LogP contribution in [0.5, 0.6) is 0 Å². The smallest absolute Gasteiger partial charge is 0.324 e. The Morgan fingerprint density at radius 3 is 2.44 bits per heavy atom. The summed E-state index contributed by atoms with van der Waals surface area (Å²) in [5.41, 5.74) is 5.46. The maximum atomic E-state index is 12.6. The second kappa shape index (κ2) is 3.93. The molecule has 0 saturated heterocycles. The Morgan fingerprint density at radius 2 is 1.94 bits per heavy atom. The largest absolute Gasteiger partial charge is 0.417 e. The molecule has 0 spiro atoms. The summed E-state index contributed by atoms with van der Waals surface area (Å²) in [6.07, 6.45) is -2.49. The Balaban J connectivity index is 2.39. The number of benzene rings is 1. The highest BCUT2D eigenvalue weighted by Crippen LogP contribution is 2.44. The summed E-state index contributed by atoms with van der Waals surface area (Å²) in [4.78, 5) is 0. The lowest BCUT2D eigenvalue weighted by Crippen LogP contribution is -2.15. The van der Waals surface area contributed by atoms with E-state index in [-0.39, 0.29) is 17.0 Å². The Labute approximate surface area is 96.4 Å². The third kappa shape index (κ3) is 2.18. The standard InChI is InChI=1S/C11H11ClF3N/c12-9-7(10(16)6-4-5-6)2-1-3-8(9)11(13,14)15/h1-3,6,10H,4-5,16H2/t10-/m1/s1. The fraction of sp³-hybridized carbons (Fsp3) is 0.455. The molecule has 5 heteroatoms. The first-order chi connectivity index (χ1) is 7.41. The quantitative estimate of drug-likeness (QED) is 0.848. The lowest BCUT2D eigenvalue weighted by molar-refractivity contribution is -0.137. The average Bonchev–Trinajstić information content (AvgIpc) is 2.98. The molecule has 1 nitrogen and oxygen atoms in total. The van der Waals surface area contributed by atoms with E-state index in [4.69, 9.17) is 17.3 Å². The topological polar surface area (TPSA) is 26.0 Å². The van der Waals surface area contributed by atoms with Crippen molar-refractivity contribution in [3.8, 4) is 0 Å². The van der Waals surface area contributed by atoms with Crippen molar-refractivity contribution < 1.29 is 13.2 Å². The van der Waals surface area contributed by atoms with Gasteiger partial charge in [0.25, 0.3) is 0 Å². The van der Waals surface area contributed by atoms with Crippen LogP contribution in [0.2, 0.25) is 5.02 Å². The highest BCUT2D eigenvalue weighted by molar-refractivity contribution is 6.32. The van der Waals surface area contributed by atoms with Crippen molar-refractivity contribution in [2.45, 2.75) is 25.1 Å². The molecular formula is C11H11ClF3N. The van der Waals surface area contributed by atoms with Crippen LogP contribution in [-0.4, -0.2) is 0 Å². The van der Waals surface area contributed by atoms with Gasteiger partial charge in [-0.15, -0.1) is 0 Å². The SMILES string of the molecule is N[C@@H](c1cccc(C(F)(F)F)c1Cl)C1CC1. The summed E-state index contributed by atoms with van der Waals surface area (Å²) in [5.74, 6) is 0.279. The van der Waals surface area contributed by atoms with Crippen LogP contribution in [0.4, 0.5) is 13.2 Å². The lowest BCUT2D eigenvalue weighted by atomic mass is 10.0. The van der Waals surface area contributed by atoms with Crippen LogP contribution in [0.3, 0.4) is 0 Å². The van der Waals surface area contributed by atoms with Crippen LogP contribution in [0.15, 0.2) is 18.2 Å². The van der Waals surface area contributed by atoms with Crippen LogP contribution in [0, 0.1) is 5.92 Å². The van der Waals surface area contributed by atoms with Crippen molar-refractivity contribution in [2.75, 3.05) is 0 Å². The number of rotatable bonds is 2. The minimum absolute atomic E-state index is 0.255. The van der Waals surface area contributed by atoms with Gasteiger partial charge in [-0.3, -0.25) is 0 Å². The normalized spacial score (nSPS) is 18.6. The molecular weight excluding hydrogens is 239 g/mol. The van der Waals surface area contributed by atoms with Crippen molar-refractivity contribution in [1.82, 2.24) is 0 Å². The summed E-state index contributed by atoms with van der Waals surface area (Å²) < 4.78 is 37.8. The van der Waals surface area contributed by atoms with E-state index in [0.717, 1.165) is 18.9 Å². The average molecular weight is 250 g/mol. The minimum atomic E-state index is -4.42. The molecule has 0 aromatic heterocycles. The molecule has 0 unspecified atom stereocenters. The molecule has 1 aliphatic carbocycles. The van der Waals surface area contributed by atoms with Gasteiger partial charge in [0, 0.05) is 6.04 Å². The molecule has 1 saturated carbocycles. The lowest BCUT2D eigenvalue weighted by Gasteiger charge is -2.16. The highest BCUT2D eigenvalue weighted by atomic mass is 35.5. The fourth-order valence-corrected chi connectivity index (χ4v) is 2.09. The van der Waals surface area contributed by atoms with E-state index in [0.29, 0.717) is 5.56 Å². The van der Waals surface area contributed by atoms with Crippen molar-refractivity contribution in [1.29, 1.82) is 0 Å². The van der Waals surface area contributed by atoms with E-state index < -0.39 is 11.7 Å². The molecule has 1 fully saturated rings. The Kier molecular flexibility index (Phi) is 2.88. The van der Waals surface area contributed by atoms with E-state index in [1.165, 1.54) is 6.07 Å². The second-order valence-electron chi connectivity index (χ2n) is 4.07. The molecule has 1 atom stereocenters. The maximum absolute atomic E-state index is 12.6. The fourth-order valence-electron chi connectivity index (χ4n) is 1.74.